The van der Waals surface area contributed by atoms with Crippen LogP contribution in [-0.4, -0.2) is 126 Å². The van der Waals surface area contributed by atoms with Crippen LogP contribution >= 0.6 is 11.6 Å². The molecule has 7 rings (SSSR count). The molecule has 0 aromatic heterocycles. The summed E-state index contributed by atoms with van der Waals surface area (Å²) in [4.78, 5) is 18.8. The Hall–Kier alpha value is -1.09. The van der Waals surface area contributed by atoms with E-state index in [-0.39, 0.29) is 111 Å². The molecule has 65 heavy (non-hydrogen) atoms. The van der Waals surface area contributed by atoms with Crippen LogP contribution in [0.3, 0.4) is 0 Å². The standard InChI is InChI=1S/C27H38N2O3.C23H30ClNO2.CH2O3.2K.H/c1-2-14-28(15-3-1)16-4-20-31-26-10-6-24(7-11-26)25-8-12-27(13-9-25)32-21-5-17-29-18-22-30-23-19-29;24-14-4-18-26-22-10-6-20(7-11-22)21-8-12-23(13-9-21)27-19-5-17-25-15-2-1-3-16-25;2-1-4-3;;;/h6-13H,1-5,14-23H2;6-13H,1-5,14-19H2;1,3H;;;/q;;;2*+1;-1/p-1. The molecule has 0 amide bonds. The largest absolute Gasteiger partial charge is 1.00 e. The molecule has 346 valence electrons. The van der Waals surface area contributed by atoms with Crippen LogP contribution in [-0.2, 0) is 14.4 Å². The van der Waals surface area contributed by atoms with Gasteiger partial charge in [-0.3, -0.25) is 9.69 Å². The van der Waals surface area contributed by atoms with Crippen molar-refractivity contribution in [2.24, 2.45) is 0 Å². The van der Waals surface area contributed by atoms with Crippen LogP contribution < -0.4 is 127 Å². The third-order valence-electron chi connectivity index (χ3n) is 11.3. The Morgan fingerprint density at radius 1 is 0.477 bits per heavy atom. The Balaban J connectivity index is 0.000000407. The molecule has 0 bridgehead atoms. The van der Waals surface area contributed by atoms with Crippen LogP contribution in [0, 0.1) is 0 Å². The van der Waals surface area contributed by atoms with Crippen LogP contribution in [0.1, 0.15) is 65.6 Å². The molecular weight excluding hydrogens is 896 g/mol. The molecule has 0 unspecified atom stereocenters. The fourth-order valence-corrected chi connectivity index (χ4v) is 7.95. The van der Waals surface area contributed by atoms with Crippen LogP contribution in [0.2, 0.25) is 0 Å². The molecule has 3 fully saturated rings. The van der Waals surface area contributed by atoms with Gasteiger partial charge in [0, 0.05) is 38.6 Å². The smallest absolute Gasteiger partial charge is 1.00 e. The number of carbonyl (C=O) groups excluding carboxylic acids is 1. The number of nitrogens with zero attached hydrogens (tertiary/aromatic N) is 3. The van der Waals surface area contributed by atoms with Gasteiger partial charge in [0.15, 0.2) is 0 Å². The number of carbonyl (C=O) groups is 1. The van der Waals surface area contributed by atoms with Gasteiger partial charge >= 0.3 is 103 Å². The number of halogens is 1. The number of benzene rings is 4. The predicted octanol–water partition coefficient (Wildman–Crippen LogP) is 2.88. The van der Waals surface area contributed by atoms with E-state index < -0.39 is 0 Å². The number of hydrogen-bond acceptors (Lipinski definition) is 11. The second kappa shape index (κ2) is 36.8. The summed E-state index contributed by atoms with van der Waals surface area (Å²) < 4.78 is 28.8. The molecule has 11 nitrogen and oxygen atoms in total. The van der Waals surface area contributed by atoms with Crippen LogP contribution in [0.15, 0.2) is 97.1 Å². The maximum absolute atomic E-state index is 8.64. The number of alkyl halides is 1. The Morgan fingerprint density at radius 2 is 0.754 bits per heavy atom. The molecule has 4 aromatic rings. The van der Waals surface area contributed by atoms with E-state index in [0.29, 0.717) is 12.5 Å². The normalized spacial score (nSPS) is 15.3. The Kier molecular flexibility index (Phi) is 33.0. The van der Waals surface area contributed by atoms with Gasteiger partial charge in [0.1, 0.15) is 23.0 Å². The Bertz CT molecular complexity index is 1700. The molecular formula is C51H70ClK2N3O8. The van der Waals surface area contributed by atoms with Crippen molar-refractivity contribution in [1.29, 1.82) is 0 Å². The predicted molar refractivity (Wildman–Crippen MR) is 251 cm³/mol. The van der Waals surface area contributed by atoms with Gasteiger partial charge in [-0.2, -0.15) is 0 Å². The Labute approximate surface area is 480 Å². The van der Waals surface area contributed by atoms with E-state index >= 15 is 0 Å². The summed E-state index contributed by atoms with van der Waals surface area (Å²) in [6.45, 7) is 15.0. The van der Waals surface area contributed by atoms with Crippen molar-refractivity contribution >= 4 is 18.1 Å². The molecule has 0 spiro atoms. The first-order valence-electron chi connectivity index (χ1n) is 23.1. The van der Waals surface area contributed by atoms with Crippen LogP contribution in [0.5, 0.6) is 23.0 Å². The van der Waals surface area contributed by atoms with Gasteiger partial charge in [-0.1, -0.05) is 61.4 Å². The first kappa shape index (κ1) is 58.2. The molecule has 0 N–H and O–H groups in total. The van der Waals surface area contributed by atoms with Crippen molar-refractivity contribution in [2.75, 3.05) is 104 Å². The number of ether oxygens (including phenoxy) is 5. The van der Waals surface area contributed by atoms with Crippen LogP contribution in [0.25, 0.3) is 22.3 Å². The molecule has 14 heteroatoms. The van der Waals surface area contributed by atoms with E-state index in [1.165, 1.54) is 87.0 Å². The van der Waals surface area contributed by atoms with Crippen molar-refractivity contribution in [2.45, 2.75) is 64.2 Å². The summed E-state index contributed by atoms with van der Waals surface area (Å²) in [7, 11) is 0. The molecule has 3 aliphatic heterocycles. The quantitative estimate of drug-likeness (QED) is 0.0291. The zero-order valence-corrected chi connectivity index (χ0v) is 46.2. The third-order valence-corrected chi connectivity index (χ3v) is 11.6. The molecule has 0 saturated carbocycles. The summed E-state index contributed by atoms with van der Waals surface area (Å²) in [6, 6.07) is 33.4. The minimum atomic E-state index is -0.181. The summed E-state index contributed by atoms with van der Waals surface area (Å²) in [5.41, 5.74) is 4.76. The van der Waals surface area contributed by atoms with Gasteiger partial charge in [0.25, 0.3) is 6.47 Å². The maximum Gasteiger partial charge on any atom is 1.00 e. The van der Waals surface area contributed by atoms with Gasteiger partial charge in [-0.05, 0) is 148 Å². The zero-order valence-electron chi connectivity index (χ0n) is 40.2. The van der Waals surface area contributed by atoms with E-state index in [0.717, 1.165) is 114 Å². The number of rotatable bonds is 22. The minimum absolute atomic E-state index is 0. The molecule has 0 atom stereocenters. The Morgan fingerprint density at radius 3 is 1.03 bits per heavy atom. The number of morpholine rings is 1. The molecule has 3 heterocycles. The average molecular weight is 967 g/mol. The van der Waals surface area contributed by atoms with E-state index in [9.17, 15) is 0 Å². The van der Waals surface area contributed by atoms with Crippen molar-refractivity contribution in [3.05, 3.63) is 97.1 Å². The van der Waals surface area contributed by atoms with E-state index in [4.69, 9.17) is 45.3 Å². The monoisotopic (exact) mass is 965 g/mol. The fourth-order valence-electron chi connectivity index (χ4n) is 7.84. The fraction of sp³-hybridized carbons (Fsp3) is 0.510. The van der Waals surface area contributed by atoms with Crippen molar-refractivity contribution in [3.8, 4) is 45.3 Å². The number of piperidine rings is 2. The first-order chi connectivity index (χ1) is 31.1. The summed E-state index contributed by atoms with van der Waals surface area (Å²) in [5.74, 6) is 4.35. The number of hydrogen-bond donors (Lipinski definition) is 0. The molecule has 0 aliphatic carbocycles. The molecule has 0 radical (unpaired) electrons. The van der Waals surface area contributed by atoms with E-state index in [1.54, 1.807) is 0 Å². The second-order valence-corrected chi connectivity index (χ2v) is 16.4. The van der Waals surface area contributed by atoms with Crippen molar-refractivity contribution < 1.29 is 143 Å². The zero-order chi connectivity index (χ0) is 44.0. The maximum atomic E-state index is 8.64. The van der Waals surface area contributed by atoms with E-state index in [2.05, 4.69) is 105 Å². The van der Waals surface area contributed by atoms with E-state index in [1.807, 2.05) is 12.1 Å². The average Bonchev–Trinajstić information content (AvgIpc) is 3.35. The SMILES string of the molecule is ClCCCOc1ccc(-c2ccc(OCCCN3CCCCC3)cc2)cc1.O=CO[O-].[H-].[K+].[K+].c1cc(-c2ccc(OCCCN3CCOCC3)cc2)ccc1OCCCN1CCCCC1. The third kappa shape index (κ3) is 24.3. The second-order valence-electron chi connectivity index (χ2n) is 16.0. The summed E-state index contributed by atoms with van der Waals surface area (Å²) in [6.07, 6.45) is 12.3. The minimum Gasteiger partial charge on any atom is -1.00 e. The summed E-state index contributed by atoms with van der Waals surface area (Å²) in [5, 5.41) is 8.43. The van der Waals surface area contributed by atoms with Crippen molar-refractivity contribution in [1.82, 2.24) is 14.7 Å². The van der Waals surface area contributed by atoms with Gasteiger partial charge in [-0.25, -0.2) is 0 Å². The van der Waals surface area contributed by atoms with Gasteiger partial charge < -0.3 is 45.1 Å². The molecule has 3 saturated heterocycles. The van der Waals surface area contributed by atoms with Gasteiger partial charge in [0.2, 0.25) is 0 Å². The van der Waals surface area contributed by atoms with Crippen LogP contribution in [0.4, 0.5) is 0 Å². The summed E-state index contributed by atoms with van der Waals surface area (Å²) >= 11 is 5.67. The topological polar surface area (TPSA) is 105 Å². The van der Waals surface area contributed by atoms with Gasteiger partial charge in [-0.15, -0.1) is 11.6 Å². The molecule has 3 aliphatic rings. The van der Waals surface area contributed by atoms with Crippen molar-refractivity contribution in [3.63, 3.8) is 0 Å². The molecule has 4 aromatic carbocycles. The first-order valence-corrected chi connectivity index (χ1v) is 23.6. The number of likely N-dealkylation sites (tertiary alicyclic amines) is 2. The van der Waals surface area contributed by atoms with Gasteiger partial charge in [0.05, 0.1) is 39.6 Å².